The maximum atomic E-state index is 5.17. The number of nitrogens with zero attached hydrogens (tertiary/aromatic N) is 1. The molecule has 3 heteroatoms. The summed E-state index contributed by atoms with van der Waals surface area (Å²) in [5.41, 5.74) is 0.193. The van der Waals surface area contributed by atoms with Crippen LogP contribution in [0.2, 0.25) is 0 Å². The van der Waals surface area contributed by atoms with Crippen molar-refractivity contribution in [3.63, 3.8) is 0 Å². The zero-order valence-electron chi connectivity index (χ0n) is 6.52. The van der Waals surface area contributed by atoms with Crippen LogP contribution in [0, 0.1) is 5.41 Å². The van der Waals surface area contributed by atoms with Gasteiger partial charge in [-0.2, -0.15) is 0 Å². The van der Waals surface area contributed by atoms with Crippen molar-refractivity contribution in [3.05, 3.63) is 0 Å². The van der Waals surface area contributed by atoms with Crippen LogP contribution in [0.5, 0.6) is 0 Å². The highest BCUT2D eigenvalue weighted by atomic mass is 79.9. The van der Waals surface area contributed by atoms with Crippen LogP contribution in [0.25, 0.3) is 0 Å². The van der Waals surface area contributed by atoms with Crippen LogP contribution in [-0.4, -0.2) is 10.7 Å². The molecule has 10 heavy (non-hydrogen) atoms. The summed E-state index contributed by atoms with van der Waals surface area (Å²) in [6, 6.07) is 0. The lowest BCUT2D eigenvalue weighted by Crippen LogP contribution is -2.25. The topological polar surface area (TPSA) is 21.6 Å². The van der Waals surface area contributed by atoms with Gasteiger partial charge in [0.15, 0.2) is 0 Å². The Morgan fingerprint density at radius 1 is 1.60 bits per heavy atom. The van der Waals surface area contributed by atoms with Crippen molar-refractivity contribution in [2.24, 2.45) is 10.6 Å². The van der Waals surface area contributed by atoms with Crippen LogP contribution in [0.1, 0.15) is 27.2 Å². The average molecular weight is 206 g/mol. The van der Waals surface area contributed by atoms with Crippen LogP contribution in [-0.2, 0) is 4.84 Å². The minimum Gasteiger partial charge on any atom is -0.391 e. The predicted molar refractivity (Wildman–Crippen MR) is 45.3 cm³/mol. The Morgan fingerprint density at radius 2 is 2.20 bits per heavy atom. The molecule has 0 aliphatic carbocycles. The number of oxime groups is 1. The summed E-state index contributed by atoms with van der Waals surface area (Å²) >= 11 is 3.30. The minimum atomic E-state index is 0.193. The Kier molecular flexibility index (Phi) is 2.04. The molecule has 1 rings (SSSR count). The van der Waals surface area contributed by atoms with Crippen LogP contribution < -0.4 is 0 Å². The monoisotopic (exact) mass is 205 g/mol. The van der Waals surface area contributed by atoms with Gasteiger partial charge in [-0.1, -0.05) is 25.9 Å². The minimum absolute atomic E-state index is 0.193. The second kappa shape index (κ2) is 2.53. The Balaban J connectivity index is 2.50. The van der Waals surface area contributed by atoms with E-state index in [4.69, 9.17) is 4.84 Å². The molecular formula is C7H12BrNO. The largest absolute Gasteiger partial charge is 0.391 e. The lowest BCUT2D eigenvalue weighted by molar-refractivity contribution is 0.00831. The molecule has 1 aliphatic rings. The molecule has 0 amide bonds. The Bertz CT molecular complexity index is 159. The summed E-state index contributed by atoms with van der Waals surface area (Å²) in [4.78, 5) is 5.17. The number of rotatable bonds is 0. The fraction of sp³-hybridized carbons (Fsp3) is 0.857. The summed E-state index contributed by atoms with van der Waals surface area (Å²) < 4.78 is 0.924. The zero-order chi connectivity index (χ0) is 7.78. The van der Waals surface area contributed by atoms with E-state index < -0.39 is 0 Å². The normalized spacial score (nSPS) is 26.0. The first-order chi connectivity index (χ1) is 4.50. The maximum absolute atomic E-state index is 5.17. The molecule has 1 aliphatic heterocycles. The van der Waals surface area contributed by atoms with Gasteiger partial charge < -0.3 is 4.84 Å². The molecule has 0 spiro atoms. The third kappa shape index (κ3) is 1.72. The molecule has 0 aromatic carbocycles. The van der Waals surface area contributed by atoms with Crippen molar-refractivity contribution in [3.8, 4) is 0 Å². The van der Waals surface area contributed by atoms with E-state index in [9.17, 15) is 0 Å². The molecular weight excluding hydrogens is 194 g/mol. The fourth-order valence-corrected chi connectivity index (χ4v) is 1.19. The van der Waals surface area contributed by atoms with E-state index >= 15 is 0 Å². The first-order valence-electron chi connectivity index (χ1n) is 3.38. The van der Waals surface area contributed by atoms with E-state index in [1.54, 1.807) is 0 Å². The second-order valence-corrected chi connectivity index (χ2v) is 4.55. The zero-order valence-corrected chi connectivity index (χ0v) is 8.10. The van der Waals surface area contributed by atoms with Gasteiger partial charge in [-0.3, -0.25) is 0 Å². The third-order valence-electron chi connectivity index (χ3n) is 1.60. The quantitative estimate of drug-likeness (QED) is 0.596. The van der Waals surface area contributed by atoms with E-state index in [1.165, 1.54) is 0 Å². The molecule has 1 heterocycles. The van der Waals surface area contributed by atoms with Gasteiger partial charge in [-0.25, -0.2) is 0 Å². The Labute approximate surface area is 69.8 Å². The molecule has 0 saturated heterocycles. The summed E-state index contributed by atoms with van der Waals surface area (Å²) in [7, 11) is 0. The SMILES string of the molecule is CC(C)(C)[C@H]1CC(Br)=NO1. The molecule has 0 radical (unpaired) electrons. The third-order valence-corrected chi connectivity index (χ3v) is 2.07. The smallest absolute Gasteiger partial charge is 0.138 e. The first-order valence-corrected chi connectivity index (χ1v) is 4.17. The van der Waals surface area contributed by atoms with Gasteiger partial charge in [0.1, 0.15) is 10.7 Å². The van der Waals surface area contributed by atoms with Gasteiger partial charge in [0, 0.05) is 11.8 Å². The maximum Gasteiger partial charge on any atom is 0.138 e. The van der Waals surface area contributed by atoms with Crippen LogP contribution >= 0.6 is 15.9 Å². The van der Waals surface area contributed by atoms with Crippen molar-refractivity contribution in [2.45, 2.75) is 33.3 Å². The van der Waals surface area contributed by atoms with E-state index in [0.29, 0.717) is 0 Å². The number of halogens is 1. The highest BCUT2D eigenvalue weighted by Gasteiger charge is 2.31. The fourth-order valence-electron chi connectivity index (χ4n) is 0.813. The molecule has 0 unspecified atom stereocenters. The van der Waals surface area contributed by atoms with Crippen molar-refractivity contribution in [1.29, 1.82) is 0 Å². The highest BCUT2D eigenvalue weighted by molar-refractivity contribution is 9.18. The molecule has 0 N–H and O–H groups in total. The van der Waals surface area contributed by atoms with Crippen molar-refractivity contribution in [2.75, 3.05) is 0 Å². The molecule has 0 saturated carbocycles. The van der Waals surface area contributed by atoms with Crippen LogP contribution in [0.4, 0.5) is 0 Å². The van der Waals surface area contributed by atoms with Gasteiger partial charge in [0.25, 0.3) is 0 Å². The summed E-state index contributed by atoms with van der Waals surface area (Å²) in [6.45, 7) is 6.45. The molecule has 2 nitrogen and oxygen atoms in total. The van der Waals surface area contributed by atoms with Crippen LogP contribution in [0.15, 0.2) is 5.16 Å². The predicted octanol–water partition coefficient (Wildman–Crippen LogP) is 2.53. The van der Waals surface area contributed by atoms with Crippen molar-refractivity contribution < 1.29 is 4.84 Å². The number of hydrogen-bond acceptors (Lipinski definition) is 2. The molecule has 0 aromatic rings. The second-order valence-electron chi connectivity index (χ2n) is 3.63. The highest BCUT2D eigenvalue weighted by Crippen LogP contribution is 2.29. The van der Waals surface area contributed by atoms with E-state index in [0.717, 1.165) is 11.0 Å². The molecule has 58 valence electrons. The van der Waals surface area contributed by atoms with Gasteiger partial charge in [0.2, 0.25) is 0 Å². The standard InChI is InChI=1S/C7H12BrNO/c1-7(2,3)5-4-6(8)9-10-5/h5H,4H2,1-3H3/t5-/m1/s1. The average Bonchev–Trinajstić information content (AvgIpc) is 2.11. The lowest BCUT2D eigenvalue weighted by atomic mass is 9.88. The Morgan fingerprint density at radius 3 is 2.40 bits per heavy atom. The van der Waals surface area contributed by atoms with E-state index in [-0.39, 0.29) is 11.5 Å². The molecule has 0 fully saturated rings. The summed E-state index contributed by atoms with van der Waals surface area (Å²) in [6.07, 6.45) is 1.14. The Hall–Kier alpha value is -0.0500. The van der Waals surface area contributed by atoms with Crippen LogP contribution in [0.3, 0.4) is 0 Å². The van der Waals surface area contributed by atoms with E-state index in [1.807, 2.05) is 0 Å². The molecule has 0 aromatic heterocycles. The van der Waals surface area contributed by atoms with Gasteiger partial charge in [-0.05, 0) is 15.9 Å². The lowest BCUT2D eigenvalue weighted by Gasteiger charge is -2.23. The summed E-state index contributed by atoms with van der Waals surface area (Å²) in [5, 5.41) is 3.82. The van der Waals surface area contributed by atoms with Gasteiger partial charge in [0.05, 0.1) is 0 Å². The number of hydrogen-bond donors (Lipinski definition) is 0. The van der Waals surface area contributed by atoms with Gasteiger partial charge in [-0.15, -0.1) is 0 Å². The van der Waals surface area contributed by atoms with Crippen molar-refractivity contribution in [1.82, 2.24) is 0 Å². The molecule has 0 bridgehead atoms. The van der Waals surface area contributed by atoms with Crippen molar-refractivity contribution >= 4 is 20.6 Å². The van der Waals surface area contributed by atoms with E-state index in [2.05, 4.69) is 41.9 Å². The summed E-state index contributed by atoms with van der Waals surface area (Å²) in [5.74, 6) is 0. The molecule has 1 atom stereocenters. The first kappa shape index (κ1) is 8.05. The van der Waals surface area contributed by atoms with Gasteiger partial charge >= 0.3 is 0 Å².